The molecule has 0 saturated carbocycles. The summed E-state index contributed by atoms with van der Waals surface area (Å²) >= 11 is 0. The zero-order valence-electron chi connectivity index (χ0n) is 36.7. The molecule has 10 nitrogen and oxygen atoms in total. The highest BCUT2D eigenvalue weighted by atomic mass is 15.7. The molecule has 10 heteroatoms. The second-order valence-electron chi connectivity index (χ2n) is 16.8. The number of para-hydroxylation sites is 14. The molecule has 13 rings (SSSR count). The maximum absolute atomic E-state index is 4.76. The Kier molecular flexibility index (Phi) is 9.33. The van der Waals surface area contributed by atoms with Crippen molar-refractivity contribution in [2.24, 2.45) is 0 Å². The summed E-state index contributed by atoms with van der Waals surface area (Å²) in [4.78, 5) is 9.40. The summed E-state index contributed by atoms with van der Waals surface area (Å²) in [5, 5.41) is 11.7. The van der Waals surface area contributed by atoms with Crippen LogP contribution in [0.4, 0.5) is 73.9 Å². The van der Waals surface area contributed by atoms with Crippen LogP contribution in [0.1, 0.15) is 5.56 Å². The molecule has 0 radical (unpaired) electrons. The maximum Gasteiger partial charge on any atom is 0.120 e. The fourth-order valence-electron chi connectivity index (χ4n) is 9.85. The smallest absolute Gasteiger partial charge is 0.120 e. The molecule has 4 heterocycles. The normalized spacial score (nSPS) is 13.6. The van der Waals surface area contributed by atoms with Gasteiger partial charge < -0.3 is 19.6 Å². The zero-order valence-corrected chi connectivity index (χ0v) is 36.7. The van der Waals surface area contributed by atoms with Gasteiger partial charge in [0, 0.05) is 22.5 Å². The molecule has 324 valence electrons. The van der Waals surface area contributed by atoms with Crippen LogP contribution in [-0.4, -0.2) is 15.0 Å². The highest BCUT2D eigenvalue weighted by molar-refractivity contribution is 6.04. The third-order valence-corrected chi connectivity index (χ3v) is 12.8. The summed E-state index contributed by atoms with van der Waals surface area (Å²) in [6, 6.07) is 81.0. The van der Waals surface area contributed by atoms with Crippen LogP contribution >= 0.6 is 0 Å². The number of rotatable bonds is 8. The predicted octanol–water partition coefficient (Wildman–Crippen LogP) is 13.2. The summed E-state index contributed by atoms with van der Waals surface area (Å²) in [5.74, 6) is 0. The summed E-state index contributed by atoms with van der Waals surface area (Å²) in [6.45, 7) is 0. The molecule has 0 unspecified atom stereocenters. The summed E-state index contributed by atoms with van der Waals surface area (Å²) < 4.78 is 1.89. The van der Waals surface area contributed by atoms with Crippen molar-refractivity contribution < 1.29 is 5.53 Å². The van der Waals surface area contributed by atoms with Gasteiger partial charge in [0.2, 0.25) is 0 Å². The van der Waals surface area contributed by atoms with Crippen molar-refractivity contribution in [2.45, 2.75) is 0 Å². The minimum atomic E-state index is 0.771. The van der Waals surface area contributed by atoms with Gasteiger partial charge in [-0.2, -0.15) is 5.01 Å². The second-order valence-corrected chi connectivity index (χ2v) is 16.8. The quantitative estimate of drug-likeness (QED) is 0.146. The van der Waals surface area contributed by atoms with Crippen LogP contribution in [0.5, 0.6) is 0 Å². The molecule has 10 aromatic rings. The molecule has 3 aliphatic rings. The van der Waals surface area contributed by atoms with Crippen molar-refractivity contribution in [2.75, 3.05) is 24.6 Å². The van der Waals surface area contributed by atoms with Crippen LogP contribution in [0.2, 0.25) is 0 Å². The molecule has 3 N–H and O–H groups in total. The Hall–Kier alpha value is -9.38. The van der Waals surface area contributed by atoms with E-state index in [1.807, 2.05) is 16.4 Å². The van der Waals surface area contributed by atoms with E-state index in [9.17, 15) is 0 Å². The number of hydrogen-bond donors (Lipinski definition) is 2. The highest BCUT2D eigenvalue weighted by Gasteiger charge is 2.34. The van der Waals surface area contributed by atoms with Crippen molar-refractivity contribution in [3.05, 3.63) is 248 Å². The number of anilines is 13. The number of benzene rings is 9. The Morgan fingerprint density at radius 2 is 0.706 bits per heavy atom. The third-order valence-electron chi connectivity index (χ3n) is 12.8. The van der Waals surface area contributed by atoms with Gasteiger partial charge in [-0.05, 0) is 103 Å². The van der Waals surface area contributed by atoms with E-state index in [1.54, 1.807) is 0 Å². The molecule has 0 aliphatic carbocycles. The second kappa shape index (κ2) is 16.2. The number of fused-ring (bicyclic) bond motifs is 4. The minimum Gasteiger partial charge on any atom is -0.306 e. The first-order valence-corrected chi connectivity index (χ1v) is 22.8. The molecule has 0 spiro atoms. The van der Waals surface area contributed by atoms with Gasteiger partial charge in [0.15, 0.2) is 0 Å². The largest absolute Gasteiger partial charge is 0.306 e. The average molecular weight is 880 g/mol. The zero-order chi connectivity index (χ0) is 45.0. The van der Waals surface area contributed by atoms with Crippen LogP contribution in [0.3, 0.4) is 0 Å². The Labute approximate surface area is 394 Å². The van der Waals surface area contributed by atoms with Crippen LogP contribution in [-0.2, 0) is 0 Å². The van der Waals surface area contributed by atoms with Crippen molar-refractivity contribution >= 4 is 79.6 Å². The molecule has 0 fully saturated rings. The summed E-state index contributed by atoms with van der Waals surface area (Å²) in [5.41, 5.74) is 24.3. The number of aromatic nitrogens is 3. The van der Waals surface area contributed by atoms with E-state index in [0.29, 0.717) is 0 Å². The first-order valence-electron chi connectivity index (χ1n) is 22.8. The monoisotopic (exact) mass is 879 g/mol. The van der Waals surface area contributed by atoms with Crippen molar-refractivity contribution in [3.63, 3.8) is 0 Å². The van der Waals surface area contributed by atoms with Gasteiger partial charge in [-0.1, -0.05) is 133 Å². The third kappa shape index (κ3) is 6.46. The average Bonchev–Trinajstić information content (AvgIpc) is 4.12. The summed E-state index contributed by atoms with van der Waals surface area (Å²) in [6.07, 6.45) is 4.19. The van der Waals surface area contributed by atoms with Crippen molar-refractivity contribution in [1.82, 2.24) is 20.4 Å². The van der Waals surface area contributed by atoms with E-state index >= 15 is 0 Å². The molecule has 0 bridgehead atoms. The molecule has 0 amide bonds. The minimum absolute atomic E-state index is 0.771. The standard InChI is InChI=1S/C58H42N10/c1-3-22-43(23-4-1)65-51-30-11-15-34-55(51)67(56-35-16-12-31-52(56)65)49-28-9-7-26-47(49)63-39-45(59-61-63)41-20-19-21-42(38-41)46-40-64(62-60-46)48-27-8-10-29-50(48)68-57-36-17-13-32-53(57)66(44-24-5-2-6-25-44)54-33-14-18-37-58(54)68/h1-40,59,61H/p+1. The molecule has 68 heavy (non-hydrogen) atoms. The number of nitrogens with one attached hydrogen (secondary N) is 1. The van der Waals surface area contributed by atoms with Crippen LogP contribution in [0.25, 0.3) is 22.6 Å². The Morgan fingerprint density at radius 1 is 0.338 bits per heavy atom. The Morgan fingerprint density at radius 3 is 1.18 bits per heavy atom. The number of nitrogens with zero attached hydrogens (tertiary/aromatic N) is 8. The van der Waals surface area contributed by atoms with E-state index in [4.69, 9.17) is 10.3 Å². The molecule has 9 aromatic carbocycles. The first kappa shape index (κ1) is 39.0. The molecule has 0 saturated heterocycles. The lowest BCUT2D eigenvalue weighted by Crippen LogP contribution is -2.97. The van der Waals surface area contributed by atoms with Crippen LogP contribution < -0.4 is 35.6 Å². The van der Waals surface area contributed by atoms with Gasteiger partial charge in [-0.15, -0.1) is 10.6 Å². The molecular weight excluding hydrogens is 837 g/mol. The van der Waals surface area contributed by atoms with Gasteiger partial charge in [0.05, 0.1) is 75.0 Å². The SMILES string of the molecule is C1=C(c2cccc(-c3cn(-c4ccccc4N4c5ccccc5N(c5ccccc5)c5ccccc54)nn3)c2)N[NH2+]N1c1ccccc1N1c2ccccc2N(c2ccccc2)c2ccccc21. The highest BCUT2D eigenvalue weighted by Crippen LogP contribution is 2.56. The molecule has 3 aliphatic heterocycles. The maximum atomic E-state index is 4.76. The van der Waals surface area contributed by atoms with Crippen molar-refractivity contribution in [1.29, 1.82) is 0 Å². The van der Waals surface area contributed by atoms with Crippen molar-refractivity contribution in [3.8, 4) is 16.9 Å². The van der Waals surface area contributed by atoms with E-state index in [0.717, 1.165) is 102 Å². The molecular formula is C58H43N10+. The van der Waals surface area contributed by atoms with E-state index in [1.165, 1.54) is 0 Å². The fraction of sp³-hybridized carbons (Fsp3) is 0. The van der Waals surface area contributed by atoms with E-state index in [-0.39, 0.29) is 0 Å². The lowest BCUT2D eigenvalue weighted by Gasteiger charge is -2.40. The van der Waals surface area contributed by atoms with Crippen LogP contribution in [0.15, 0.2) is 243 Å². The Bertz CT molecular complexity index is 3440. The van der Waals surface area contributed by atoms with E-state index in [2.05, 4.69) is 267 Å². The van der Waals surface area contributed by atoms with Crippen LogP contribution in [0, 0.1) is 0 Å². The van der Waals surface area contributed by atoms with Gasteiger partial charge >= 0.3 is 0 Å². The Balaban J connectivity index is 0.824. The van der Waals surface area contributed by atoms with Gasteiger partial charge in [0.1, 0.15) is 17.1 Å². The number of quaternary nitrogens is 1. The van der Waals surface area contributed by atoms with Gasteiger partial charge in [-0.25, -0.2) is 10.1 Å². The lowest BCUT2D eigenvalue weighted by molar-refractivity contribution is -0.696. The number of hydrogen-bond acceptors (Lipinski definition) is 8. The fourth-order valence-corrected chi connectivity index (χ4v) is 9.85. The number of nitrogens with two attached hydrogens (primary N) is 1. The lowest BCUT2D eigenvalue weighted by atomic mass is 10.0. The van der Waals surface area contributed by atoms with Gasteiger partial charge in [-0.3, -0.25) is 0 Å². The topological polar surface area (TPSA) is 75.5 Å². The molecule has 1 aromatic heterocycles. The van der Waals surface area contributed by atoms with Gasteiger partial charge in [0.25, 0.3) is 0 Å². The first-order chi connectivity index (χ1) is 33.8. The molecule has 0 atom stereocenters. The predicted molar refractivity (Wildman–Crippen MR) is 275 cm³/mol. The summed E-state index contributed by atoms with van der Waals surface area (Å²) in [7, 11) is 0. The van der Waals surface area contributed by atoms with E-state index < -0.39 is 0 Å².